The second kappa shape index (κ2) is 8.17. The van der Waals surface area contributed by atoms with E-state index < -0.39 is 4.92 Å². The van der Waals surface area contributed by atoms with Crippen LogP contribution in [-0.2, 0) is 0 Å². The number of halogens is 1. The molecule has 82 valence electrons. The number of nitro groups is 1. The van der Waals surface area contributed by atoms with E-state index in [-0.39, 0.29) is 11.6 Å². The van der Waals surface area contributed by atoms with E-state index in [1.807, 2.05) is 38.2 Å². The summed E-state index contributed by atoms with van der Waals surface area (Å²) in [6.45, 7) is 3.89. The Bertz CT molecular complexity index is 317. The van der Waals surface area contributed by atoms with Gasteiger partial charge in [-0.2, -0.15) is 0 Å². The molecule has 0 aromatic rings. The van der Waals surface area contributed by atoms with Gasteiger partial charge in [-0.15, -0.1) is 0 Å². The molecule has 0 aliphatic rings. The zero-order valence-corrected chi connectivity index (χ0v) is 10.3. The molecular weight excluding hydrogens is 258 g/mol. The van der Waals surface area contributed by atoms with Gasteiger partial charge in [0, 0.05) is 6.08 Å². The van der Waals surface area contributed by atoms with E-state index in [0.29, 0.717) is 0 Å². The van der Waals surface area contributed by atoms with Crippen molar-refractivity contribution in [3.8, 4) is 0 Å². The van der Waals surface area contributed by atoms with Gasteiger partial charge in [-0.05, 0) is 12.8 Å². The second-order valence-corrected chi connectivity index (χ2v) is 3.38. The highest BCUT2D eigenvalue weighted by Gasteiger charge is 2.03. The summed E-state index contributed by atoms with van der Waals surface area (Å²) >= 11 is 2.95. The summed E-state index contributed by atoms with van der Waals surface area (Å²) < 4.78 is 0. The molecule has 0 aromatic carbocycles. The van der Waals surface area contributed by atoms with Gasteiger partial charge in [-0.3, -0.25) is 10.1 Å². The van der Waals surface area contributed by atoms with Gasteiger partial charge in [0.15, 0.2) is 0 Å². The Morgan fingerprint density at radius 2 is 2.07 bits per heavy atom. The number of hydrogen-bond acceptors (Lipinski definition) is 2. The zero-order chi connectivity index (χ0) is 11.7. The SMILES string of the molecule is C/C=C\C=C/C(C)/C=C\C(=C\Br)[N+](=O)[O-]. The maximum atomic E-state index is 10.4. The fourth-order valence-electron chi connectivity index (χ4n) is 0.802. The Morgan fingerprint density at radius 3 is 2.53 bits per heavy atom. The lowest BCUT2D eigenvalue weighted by Crippen LogP contribution is -1.94. The molecule has 4 heteroatoms. The Kier molecular flexibility index (Phi) is 7.54. The molecule has 0 heterocycles. The van der Waals surface area contributed by atoms with Crippen molar-refractivity contribution in [2.45, 2.75) is 13.8 Å². The number of allylic oxidation sites excluding steroid dienone is 6. The first-order chi connectivity index (χ1) is 7.11. The van der Waals surface area contributed by atoms with Gasteiger partial charge in [-0.1, -0.05) is 53.2 Å². The van der Waals surface area contributed by atoms with Crippen LogP contribution in [0.3, 0.4) is 0 Å². The van der Waals surface area contributed by atoms with E-state index in [0.717, 1.165) is 0 Å². The summed E-state index contributed by atoms with van der Waals surface area (Å²) in [5.74, 6) is 0.170. The lowest BCUT2D eigenvalue weighted by molar-refractivity contribution is -0.418. The minimum absolute atomic E-state index is 0.0429. The van der Waals surface area contributed by atoms with Gasteiger partial charge in [0.1, 0.15) is 0 Å². The van der Waals surface area contributed by atoms with Crippen LogP contribution in [0, 0.1) is 16.0 Å². The molecule has 0 N–H and O–H groups in total. The summed E-state index contributed by atoms with van der Waals surface area (Å²) in [7, 11) is 0. The molecule has 0 radical (unpaired) electrons. The molecular formula is C11H14BrNO2. The van der Waals surface area contributed by atoms with Gasteiger partial charge < -0.3 is 0 Å². The van der Waals surface area contributed by atoms with E-state index in [1.54, 1.807) is 6.08 Å². The third-order valence-electron chi connectivity index (χ3n) is 1.61. The molecule has 15 heavy (non-hydrogen) atoms. The summed E-state index contributed by atoms with van der Waals surface area (Å²) in [5.41, 5.74) is 0.0429. The van der Waals surface area contributed by atoms with Crippen LogP contribution in [0.1, 0.15) is 13.8 Å². The minimum atomic E-state index is -0.437. The standard InChI is InChI=1S/C11H14BrNO2/c1-3-4-5-6-10(2)7-8-11(9-12)13(14)15/h3-10H,1-2H3/b4-3-,6-5-,8-7-,11-9-. The predicted molar refractivity (Wildman–Crippen MR) is 66.3 cm³/mol. The topological polar surface area (TPSA) is 43.1 Å². The fraction of sp³-hybridized carbons (Fsp3) is 0.273. The van der Waals surface area contributed by atoms with Crippen LogP contribution in [0.15, 0.2) is 47.1 Å². The Labute approximate surface area is 98.2 Å². The van der Waals surface area contributed by atoms with Crippen molar-refractivity contribution >= 4 is 15.9 Å². The third kappa shape index (κ3) is 6.85. The lowest BCUT2D eigenvalue weighted by Gasteiger charge is -1.95. The molecule has 0 amide bonds. The van der Waals surface area contributed by atoms with Gasteiger partial charge in [0.25, 0.3) is 5.70 Å². The van der Waals surface area contributed by atoms with Crippen LogP contribution >= 0.6 is 15.9 Å². The zero-order valence-electron chi connectivity index (χ0n) is 8.76. The molecule has 0 aromatic heterocycles. The van der Waals surface area contributed by atoms with Crippen LogP contribution in [0.4, 0.5) is 0 Å². The van der Waals surface area contributed by atoms with Crippen molar-refractivity contribution in [1.82, 2.24) is 0 Å². The van der Waals surface area contributed by atoms with E-state index in [9.17, 15) is 10.1 Å². The lowest BCUT2D eigenvalue weighted by atomic mass is 10.1. The monoisotopic (exact) mass is 271 g/mol. The molecule has 0 saturated heterocycles. The summed E-state index contributed by atoms with van der Waals surface area (Å²) in [5, 5.41) is 10.4. The number of nitrogens with zero attached hydrogens (tertiary/aromatic N) is 1. The van der Waals surface area contributed by atoms with Crippen LogP contribution < -0.4 is 0 Å². The van der Waals surface area contributed by atoms with Crippen LogP contribution in [0.5, 0.6) is 0 Å². The maximum absolute atomic E-state index is 10.4. The molecule has 0 saturated carbocycles. The normalized spacial score (nSPS) is 15.5. The molecule has 0 fully saturated rings. The van der Waals surface area contributed by atoms with E-state index >= 15 is 0 Å². The number of rotatable bonds is 5. The predicted octanol–water partition coefficient (Wildman–Crippen LogP) is 3.82. The van der Waals surface area contributed by atoms with Gasteiger partial charge in [-0.25, -0.2) is 0 Å². The highest BCUT2D eigenvalue weighted by atomic mass is 79.9. The van der Waals surface area contributed by atoms with Crippen molar-refractivity contribution in [2.24, 2.45) is 5.92 Å². The Balaban J connectivity index is 4.33. The van der Waals surface area contributed by atoms with Gasteiger partial charge in [0.2, 0.25) is 0 Å². The summed E-state index contributed by atoms with van der Waals surface area (Å²) in [4.78, 5) is 11.3. The Morgan fingerprint density at radius 1 is 1.40 bits per heavy atom. The van der Waals surface area contributed by atoms with Crippen molar-refractivity contribution in [3.63, 3.8) is 0 Å². The first-order valence-corrected chi connectivity index (χ1v) is 5.45. The molecule has 0 aliphatic carbocycles. The fourth-order valence-corrected chi connectivity index (χ4v) is 1.12. The van der Waals surface area contributed by atoms with Gasteiger partial charge in [0.05, 0.1) is 9.91 Å². The summed E-state index contributed by atoms with van der Waals surface area (Å²) in [6, 6.07) is 0. The molecule has 3 nitrogen and oxygen atoms in total. The average molecular weight is 272 g/mol. The third-order valence-corrected chi connectivity index (χ3v) is 2.08. The van der Waals surface area contributed by atoms with Crippen molar-refractivity contribution in [3.05, 3.63) is 57.3 Å². The average Bonchev–Trinajstić information content (AvgIpc) is 2.18. The first kappa shape index (κ1) is 13.8. The highest BCUT2D eigenvalue weighted by Crippen LogP contribution is 2.06. The van der Waals surface area contributed by atoms with E-state index in [1.165, 1.54) is 11.1 Å². The quantitative estimate of drug-likeness (QED) is 0.433. The molecule has 0 rings (SSSR count). The van der Waals surface area contributed by atoms with Crippen LogP contribution in [0.2, 0.25) is 0 Å². The molecule has 0 spiro atoms. The first-order valence-electron chi connectivity index (χ1n) is 4.54. The maximum Gasteiger partial charge on any atom is 0.275 e. The van der Waals surface area contributed by atoms with Crippen molar-refractivity contribution in [1.29, 1.82) is 0 Å². The molecule has 0 aliphatic heterocycles. The highest BCUT2D eigenvalue weighted by molar-refractivity contribution is 9.11. The van der Waals surface area contributed by atoms with E-state index in [4.69, 9.17) is 0 Å². The largest absolute Gasteiger partial charge is 0.275 e. The van der Waals surface area contributed by atoms with Crippen LogP contribution in [-0.4, -0.2) is 4.92 Å². The summed E-state index contributed by atoms with van der Waals surface area (Å²) in [6.07, 6.45) is 11.0. The smallest absolute Gasteiger partial charge is 0.258 e. The van der Waals surface area contributed by atoms with Crippen LogP contribution in [0.25, 0.3) is 0 Å². The molecule has 1 unspecified atom stereocenters. The second-order valence-electron chi connectivity index (χ2n) is 2.92. The molecule has 1 atom stereocenters. The molecule has 0 bridgehead atoms. The van der Waals surface area contributed by atoms with Gasteiger partial charge >= 0.3 is 0 Å². The van der Waals surface area contributed by atoms with Crippen molar-refractivity contribution in [2.75, 3.05) is 0 Å². The van der Waals surface area contributed by atoms with Crippen molar-refractivity contribution < 1.29 is 4.92 Å². The Hall–Kier alpha value is -1.16. The van der Waals surface area contributed by atoms with E-state index in [2.05, 4.69) is 15.9 Å². The minimum Gasteiger partial charge on any atom is -0.258 e. The number of hydrogen-bond donors (Lipinski definition) is 0.